The number of hydrogen-bond acceptors (Lipinski definition) is 2. The fourth-order valence-electron chi connectivity index (χ4n) is 2.70. The third kappa shape index (κ3) is 3.76. The highest BCUT2D eigenvalue weighted by molar-refractivity contribution is 4.97. The maximum atomic E-state index is 5.80. The number of nitrogens with two attached hydrogens (primary N) is 1. The van der Waals surface area contributed by atoms with E-state index in [0.717, 1.165) is 24.3 Å². The zero-order valence-corrected chi connectivity index (χ0v) is 11.0. The van der Waals surface area contributed by atoms with Crippen LogP contribution in [0.5, 0.6) is 0 Å². The fourth-order valence-corrected chi connectivity index (χ4v) is 2.70. The predicted octanol–water partition coefficient (Wildman–Crippen LogP) is 2.38. The van der Waals surface area contributed by atoms with E-state index in [1.54, 1.807) is 0 Å². The number of nitrogens with one attached hydrogen (secondary N) is 1. The third-order valence-corrected chi connectivity index (χ3v) is 3.34. The fraction of sp³-hybridized carbons (Fsp3) is 1.00. The van der Waals surface area contributed by atoms with Gasteiger partial charge in [-0.1, -0.05) is 13.8 Å². The summed E-state index contributed by atoms with van der Waals surface area (Å²) in [6, 6.07) is 0.695. The van der Waals surface area contributed by atoms with Gasteiger partial charge in [-0.25, -0.2) is 0 Å². The average Bonchev–Trinajstić information content (AvgIpc) is 2.06. The van der Waals surface area contributed by atoms with Gasteiger partial charge < -0.3 is 11.1 Å². The zero-order chi connectivity index (χ0) is 11.6. The second kappa shape index (κ2) is 4.84. The summed E-state index contributed by atoms with van der Waals surface area (Å²) in [6.07, 6.45) is 2.58. The molecule has 0 aromatic rings. The molecule has 90 valence electrons. The lowest BCUT2D eigenvalue weighted by Crippen LogP contribution is -2.58. The number of rotatable bonds is 4. The summed E-state index contributed by atoms with van der Waals surface area (Å²) >= 11 is 0. The molecule has 0 aromatic heterocycles. The molecule has 2 heteroatoms. The lowest BCUT2D eigenvalue weighted by Gasteiger charge is -2.48. The molecule has 1 saturated carbocycles. The first-order valence-electron chi connectivity index (χ1n) is 6.31. The van der Waals surface area contributed by atoms with Gasteiger partial charge in [-0.15, -0.1) is 0 Å². The van der Waals surface area contributed by atoms with Gasteiger partial charge in [-0.3, -0.25) is 0 Å². The van der Waals surface area contributed by atoms with Crippen LogP contribution in [-0.4, -0.2) is 18.1 Å². The molecule has 0 amide bonds. The van der Waals surface area contributed by atoms with Crippen molar-refractivity contribution in [3.05, 3.63) is 0 Å². The van der Waals surface area contributed by atoms with Crippen molar-refractivity contribution in [3.63, 3.8) is 0 Å². The Kier molecular flexibility index (Phi) is 4.19. The Balaban J connectivity index is 2.46. The molecule has 0 heterocycles. The Morgan fingerprint density at radius 2 is 1.93 bits per heavy atom. The largest absolute Gasteiger partial charge is 0.330 e. The zero-order valence-electron chi connectivity index (χ0n) is 11.0. The summed E-state index contributed by atoms with van der Waals surface area (Å²) in [6.45, 7) is 12.2. The SMILES string of the molecule is CC(C)CC1[C@H](CN)C[C@@H]1NC(C)(C)C. The third-order valence-electron chi connectivity index (χ3n) is 3.34. The van der Waals surface area contributed by atoms with E-state index in [0.29, 0.717) is 6.04 Å². The van der Waals surface area contributed by atoms with E-state index >= 15 is 0 Å². The summed E-state index contributed by atoms with van der Waals surface area (Å²) in [5, 5.41) is 3.72. The Morgan fingerprint density at radius 3 is 2.33 bits per heavy atom. The van der Waals surface area contributed by atoms with Crippen LogP contribution in [0.15, 0.2) is 0 Å². The van der Waals surface area contributed by atoms with E-state index in [1.807, 2.05) is 0 Å². The minimum Gasteiger partial charge on any atom is -0.330 e. The molecule has 0 aromatic carbocycles. The van der Waals surface area contributed by atoms with E-state index in [4.69, 9.17) is 5.73 Å². The lowest BCUT2D eigenvalue weighted by atomic mass is 9.65. The predicted molar refractivity (Wildman–Crippen MR) is 66.8 cm³/mol. The van der Waals surface area contributed by atoms with E-state index in [2.05, 4.69) is 39.9 Å². The molecule has 1 fully saturated rings. The monoisotopic (exact) mass is 212 g/mol. The molecule has 1 aliphatic carbocycles. The molecular weight excluding hydrogens is 184 g/mol. The van der Waals surface area contributed by atoms with Crippen molar-refractivity contribution in [2.45, 2.75) is 59.0 Å². The molecule has 1 unspecified atom stereocenters. The van der Waals surface area contributed by atoms with Crippen molar-refractivity contribution in [1.29, 1.82) is 0 Å². The molecule has 3 atom stereocenters. The molecule has 1 aliphatic rings. The first kappa shape index (κ1) is 13.0. The standard InChI is InChI=1S/C13H28N2/c1-9(2)6-11-10(8-14)7-12(11)15-13(3,4)5/h9-12,15H,6-8,14H2,1-5H3/t10-,11?,12-/m0/s1. The van der Waals surface area contributed by atoms with Crippen molar-refractivity contribution in [3.8, 4) is 0 Å². The van der Waals surface area contributed by atoms with Gasteiger partial charge in [0.1, 0.15) is 0 Å². The maximum absolute atomic E-state index is 5.80. The van der Waals surface area contributed by atoms with Gasteiger partial charge in [0.2, 0.25) is 0 Å². The molecule has 15 heavy (non-hydrogen) atoms. The van der Waals surface area contributed by atoms with Gasteiger partial charge in [0.25, 0.3) is 0 Å². The minimum atomic E-state index is 0.236. The van der Waals surface area contributed by atoms with Gasteiger partial charge in [-0.2, -0.15) is 0 Å². The second-order valence-electron chi connectivity index (χ2n) is 6.53. The van der Waals surface area contributed by atoms with Crippen LogP contribution in [0, 0.1) is 17.8 Å². The van der Waals surface area contributed by atoms with Crippen LogP contribution in [0.2, 0.25) is 0 Å². The van der Waals surface area contributed by atoms with E-state index in [1.165, 1.54) is 12.8 Å². The average molecular weight is 212 g/mol. The van der Waals surface area contributed by atoms with Crippen LogP contribution in [-0.2, 0) is 0 Å². The van der Waals surface area contributed by atoms with Crippen LogP contribution in [0.1, 0.15) is 47.5 Å². The van der Waals surface area contributed by atoms with Crippen LogP contribution < -0.4 is 11.1 Å². The van der Waals surface area contributed by atoms with Gasteiger partial charge in [0, 0.05) is 11.6 Å². The summed E-state index contributed by atoms with van der Waals surface area (Å²) in [4.78, 5) is 0. The molecule has 0 saturated heterocycles. The highest BCUT2D eigenvalue weighted by Crippen LogP contribution is 2.39. The molecule has 0 bridgehead atoms. The molecule has 1 rings (SSSR count). The Labute approximate surface area is 95.0 Å². The Hall–Kier alpha value is -0.0800. The van der Waals surface area contributed by atoms with Crippen LogP contribution in [0.4, 0.5) is 0 Å². The highest BCUT2D eigenvalue weighted by atomic mass is 15.0. The Morgan fingerprint density at radius 1 is 1.33 bits per heavy atom. The van der Waals surface area contributed by atoms with E-state index < -0.39 is 0 Å². The smallest absolute Gasteiger partial charge is 0.0107 e. The van der Waals surface area contributed by atoms with Crippen LogP contribution in [0.3, 0.4) is 0 Å². The first-order chi connectivity index (χ1) is 6.83. The molecule has 2 nitrogen and oxygen atoms in total. The molecular formula is C13H28N2. The summed E-state index contributed by atoms with van der Waals surface area (Å²) in [5.41, 5.74) is 6.03. The van der Waals surface area contributed by atoms with Crippen molar-refractivity contribution in [1.82, 2.24) is 5.32 Å². The Bertz CT molecular complexity index is 193. The quantitative estimate of drug-likeness (QED) is 0.751. The minimum absolute atomic E-state index is 0.236. The molecule has 0 radical (unpaired) electrons. The van der Waals surface area contributed by atoms with Crippen molar-refractivity contribution in [2.24, 2.45) is 23.5 Å². The van der Waals surface area contributed by atoms with Gasteiger partial charge in [0.15, 0.2) is 0 Å². The van der Waals surface area contributed by atoms with Crippen LogP contribution in [0.25, 0.3) is 0 Å². The highest BCUT2D eigenvalue weighted by Gasteiger charge is 2.41. The van der Waals surface area contributed by atoms with Gasteiger partial charge in [0.05, 0.1) is 0 Å². The van der Waals surface area contributed by atoms with E-state index in [-0.39, 0.29) is 5.54 Å². The van der Waals surface area contributed by atoms with Crippen molar-refractivity contribution in [2.75, 3.05) is 6.54 Å². The molecule has 0 aliphatic heterocycles. The molecule has 0 spiro atoms. The topological polar surface area (TPSA) is 38.0 Å². The summed E-state index contributed by atoms with van der Waals surface area (Å²) in [5.74, 6) is 2.34. The maximum Gasteiger partial charge on any atom is 0.0107 e. The first-order valence-corrected chi connectivity index (χ1v) is 6.31. The van der Waals surface area contributed by atoms with Crippen molar-refractivity contribution >= 4 is 0 Å². The lowest BCUT2D eigenvalue weighted by molar-refractivity contribution is 0.0712. The van der Waals surface area contributed by atoms with Gasteiger partial charge in [-0.05, 0) is 57.9 Å². The number of hydrogen-bond donors (Lipinski definition) is 2. The van der Waals surface area contributed by atoms with E-state index in [9.17, 15) is 0 Å². The molecule has 3 N–H and O–H groups in total. The normalized spacial score (nSPS) is 31.8. The summed E-state index contributed by atoms with van der Waals surface area (Å²) < 4.78 is 0. The second-order valence-corrected chi connectivity index (χ2v) is 6.53. The van der Waals surface area contributed by atoms with Gasteiger partial charge >= 0.3 is 0 Å². The summed E-state index contributed by atoms with van der Waals surface area (Å²) in [7, 11) is 0. The van der Waals surface area contributed by atoms with Crippen molar-refractivity contribution < 1.29 is 0 Å². The van der Waals surface area contributed by atoms with Crippen LogP contribution >= 0.6 is 0 Å².